The molecule has 7 nitrogen and oxygen atoms in total. The minimum absolute atomic E-state index is 0.0560. The molecule has 0 N–H and O–H groups in total. The molecule has 1 aromatic heterocycles. The third-order valence-electron chi connectivity index (χ3n) is 6.32. The monoisotopic (exact) mass is 454 g/mol. The first-order valence-corrected chi connectivity index (χ1v) is 11.2. The van der Waals surface area contributed by atoms with Crippen LogP contribution in [0.25, 0.3) is 0 Å². The standard InChI is InChI=1S/C27H26N4O3/c1-18-7-9-20(10-8-18)25-16-24(19-11-13-22(33-2)14-12-19)30(27-28-17-29-31(25)27)26(32)21-5-4-6-23(15-21)34-3/h4-15,17,24-25H,16H2,1-3H3. The quantitative estimate of drug-likeness (QED) is 0.425. The molecule has 2 unspecified atom stereocenters. The molecule has 0 saturated heterocycles. The molecule has 0 fully saturated rings. The Labute approximate surface area is 198 Å². The molecule has 4 aromatic rings. The summed E-state index contributed by atoms with van der Waals surface area (Å²) in [6, 6.07) is 23.2. The number of amides is 1. The van der Waals surface area contributed by atoms with E-state index >= 15 is 0 Å². The van der Waals surface area contributed by atoms with Gasteiger partial charge in [0.1, 0.15) is 17.8 Å². The van der Waals surface area contributed by atoms with Gasteiger partial charge in [0.2, 0.25) is 5.95 Å². The zero-order chi connectivity index (χ0) is 23.7. The minimum Gasteiger partial charge on any atom is -0.497 e. The lowest BCUT2D eigenvalue weighted by Crippen LogP contribution is -2.42. The number of anilines is 1. The lowest BCUT2D eigenvalue weighted by molar-refractivity contribution is 0.0963. The molecule has 1 amide bonds. The molecule has 7 heteroatoms. The maximum atomic E-state index is 13.9. The molecule has 0 saturated carbocycles. The van der Waals surface area contributed by atoms with E-state index in [2.05, 4.69) is 41.3 Å². The van der Waals surface area contributed by atoms with E-state index in [9.17, 15) is 4.79 Å². The van der Waals surface area contributed by atoms with Crippen LogP contribution in [-0.4, -0.2) is 34.9 Å². The molecule has 0 spiro atoms. The van der Waals surface area contributed by atoms with Crippen molar-refractivity contribution in [2.24, 2.45) is 0 Å². The van der Waals surface area contributed by atoms with Gasteiger partial charge in [-0.15, -0.1) is 0 Å². The van der Waals surface area contributed by atoms with Gasteiger partial charge in [0.15, 0.2) is 0 Å². The fourth-order valence-electron chi connectivity index (χ4n) is 4.50. The molecule has 172 valence electrons. The van der Waals surface area contributed by atoms with Crippen molar-refractivity contribution in [3.05, 3.63) is 101 Å². The van der Waals surface area contributed by atoms with Crippen molar-refractivity contribution in [1.82, 2.24) is 14.8 Å². The van der Waals surface area contributed by atoms with Crippen LogP contribution in [0.1, 0.15) is 45.6 Å². The largest absolute Gasteiger partial charge is 0.497 e. The maximum Gasteiger partial charge on any atom is 0.261 e. The third-order valence-corrected chi connectivity index (χ3v) is 6.32. The number of fused-ring (bicyclic) bond motifs is 1. The van der Waals surface area contributed by atoms with Gasteiger partial charge in [-0.05, 0) is 54.8 Å². The highest BCUT2D eigenvalue weighted by molar-refractivity contribution is 6.06. The van der Waals surface area contributed by atoms with Gasteiger partial charge in [-0.2, -0.15) is 10.1 Å². The summed E-state index contributed by atoms with van der Waals surface area (Å²) in [7, 11) is 3.23. The Morgan fingerprint density at radius 2 is 1.56 bits per heavy atom. The zero-order valence-electron chi connectivity index (χ0n) is 19.4. The van der Waals surface area contributed by atoms with Gasteiger partial charge in [0, 0.05) is 5.56 Å². The third kappa shape index (κ3) is 3.90. The van der Waals surface area contributed by atoms with E-state index in [1.54, 1.807) is 31.3 Å². The molecule has 3 aromatic carbocycles. The number of carbonyl (C=O) groups is 1. The average molecular weight is 455 g/mol. The van der Waals surface area contributed by atoms with Crippen molar-refractivity contribution in [1.29, 1.82) is 0 Å². The Kier molecular flexibility index (Phi) is 5.76. The highest BCUT2D eigenvalue weighted by Crippen LogP contribution is 2.42. The van der Waals surface area contributed by atoms with Crippen LogP contribution in [0.3, 0.4) is 0 Å². The number of benzene rings is 3. The number of rotatable bonds is 5. The lowest BCUT2D eigenvalue weighted by atomic mass is 9.91. The minimum atomic E-state index is -0.243. The van der Waals surface area contributed by atoms with E-state index in [1.165, 1.54) is 11.9 Å². The first-order chi connectivity index (χ1) is 16.6. The highest BCUT2D eigenvalue weighted by atomic mass is 16.5. The van der Waals surface area contributed by atoms with E-state index in [-0.39, 0.29) is 18.0 Å². The number of carbonyl (C=O) groups excluding carboxylic acids is 1. The summed E-state index contributed by atoms with van der Waals surface area (Å²) in [5.41, 5.74) is 3.86. The van der Waals surface area contributed by atoms with Crippen LogP contribution in [0.4, 0.5) is 5.95 Å². The van der Waals surface area contributed by atoms with E-state index in [4.69, 9.17) is 9.47 Å². The molecule has 0 radical (unpaired) electrons. The van der Waals surface area contributed by atoms with Gasteiger partial charge in [-0.3, -0.25) is 9.69 Å². The number of aryl methyl sites for hydroxylation is 1. The Hall–Kier alpha value is -4.13. The summed E-state index contributed by atoms with van der Waals surface area (Å²) in [6.45, 7) is 2.07. The Morgan fingerprint density at radius 3 is 2.26 bits per heavy atom. The first-order valence-electron chi connectivity index (χ1n) is 11.2. The summed E-state index contributed by atoms with van der Waals surface area (Å²) in [5.74, 6) is 1.76. The summed E-state index contributed by atoms with van der Waals surface area (Å²) in [6.07, 6.45) is 2.17. The van der Waals surface area contributed by atoms with Gasteiger partial charge < -0.3 is 9.47 Å². The number of hydrogen-bond donors (Lipinski definition) is 0. The number of hydrogen-bond acceptors (Lipinski definition) is 5. The molecule has 0 bridgehead atoms. The van der Waals surface area contributed by atoms with E-state index in [1.807, 2.05) is 41.1 Å². The van der Waals surface area contributed by atoms with E-state index in [0.717, 1.165) is 16.9 Å². The highest BCUT2D eigenvalue weighted by Gasteiger charge is 2.39. The Morgan fingerprint density at radius 1 is 0.882 bits per heavy atom. The summed E-state index contributed by atoms with van der Waals surface area (Å²) < 4.78 is 12.6. The zero-order valence-corrected chi connectivity index (χ0v) is 19.4. The van der Waals surface area contributed by atoms with E-state index in [0.29, 0.717) is 23.7 Å². The van der Waals surface area contributed by atoms with Gasteiger partial charge >= 0.3 is 0 Å². The van der Waals surface area contributed by atoms with Crippen LogP contribution in [0, 0.1) is 6.92 Å². The molecule has 2 atom stereocenters. The van der Waals surface area contributed by atoms with Crippen molar-refractivity contribution < 1.29 is 14.3 Å². The SMILES string of the molecule is COc1ccc(C2CC(c3ccc(C)cc3)n3ncnc3N2C(=O)c2cccc(OC)c2)cc1. The van der Waals surface area contributed by atoms with Crippen molar-refractivity contribution in [2.75, 3.05) is 19.1 Å². The van der Waals surface area contributed by atoms with Gasteiger partial charge in [-0.1, -0.05) is 48.0 Å². The number of methoxy groups -OCH3 is 2. The van der Waals surface area contributed by atoms with Gasteiger partial charge in [0.25, 0.3) is 5.91 Å². The van der Waals surface area contributed by atoms with Crippen LogP contribution in [-0.2, 0) is 0 Å². The van der Waals surface area contributed by atoms with E-state index < -0.39 is 0 Å². The summed E-state index contributed by atoms with van der Waals surface area (Å²) >= 11 is 0. The van der Waals surface area contributed by atoms with Crippen LogP contribution in [0.5, 0.6) is 11.5 Å². The van der Waals surface area contributed by atoms with Crippen molar-refractivity contribution in [3.63, 3.8) is 0 Å². The molecule has 1 aliphatic rings. The second-order valence-electron chi connectivity index (χ2n) is 8.36. The maximum absolute atomic E-state index is 13.9. The van der Waals surface area contributed by atoms with Crippen LogP contribution in [0.2, 0.25) is 0 Å². The molecule has 0 aliphatic carbocycles. The van der Waals surface area contributed by atoms with Crippen molar-refractivity contribution >= 4 is 11.9 Å². The molecular weight excluding hydrogens is 428 g/mol. The molecule has 1 aliphatic heterocycles. The van der Waals surface area contributed by atoms with Gasteiger partial charge in [0.05, 0.1) is 26.3 Å². The second kappa shape index (κ2) is 9.02. The number of aromatic nitrogens is 3. The molecule has 5 rings (SSSR count). The van der Waals surface area contributed by atoms with Gasteiger partial charge in [-0.25, -0.2) is 4.68 Å². The molecule has 34 heavy (non-hydrogen) atoms. The molecule has 2 heterocycles. The Bertz CT molecular complexity index is 1300. The van der Waals surface area contributed by atoms with Crippen molar-refractivity contribution in [2.45, 2.75) is 25.4 Å². The second-order valence-corrected chi connectivity index (χ2v) is 8.36. The fourth-order valence-corrected chi connectivity index (χ4v) is 4.50. The topological polar surface area (TPSA) is 69.5 Å². The summed E-state index contributed by atoms with van der Waals surface area (Å²) in [4.78, 5) is 20.2. The number of ether oxygens (including phenoxy) is 2. The average Bonchev–Trinajstić information content (AvgIpc) is 3.38. The summed E-state index contributed by atoms with van der Waals surface area (Å²) in [5, 5.41) is 4.52. The van der Waals surface area contributed by atoms with Crippen LogP contribution in [0.15, 0.2) is 79.1 Å². The smallest absolute Gasteiger partial charge is 0.261 e. The lowest BCUT2D eigenvalue weighted by Gasteiger charge is -2.39. The predicted molar refractivity (Wildman–Crippen MR) is 129 cm³/mol. The predicted octanol–water partition coefficient (Wildman–Crippen LogP) is 4.98. The van der Waals surface area contributed by atoms with Crippen molar-refractivity contribution in [3.8, 4) is 11.5 Å². The Balaban J connectivity index is 1.63. The normalized spacial score (nSPS) is 17.2. The fraction of sp³-hybridized carbons (Fsp3) is 0.222. The van der Waals surface area contributed by atoms with Crippen LogP contribution >= 0.6 is 0 Å². The first kappa shape index (κ1) is 21.7. The molecular formula is C27H26N4O3. The number of nitrogens with zero attached hydrogens (tertiary/aromatic N) is 4. The van der Waals surface area contributed by atoms with Crippen LogP contribution < -0.4 is 14.4 Å².